The number of hydrogen-bond acceptors (Lipinski definition) is 5. The van der Waals surface area contributed by atoms with Crippen LogP contribution in [0.25, 0.3) is 0 Å². The van der Waals surface area contributed by atoms with Crippen molar-refractivity contribution >= 4 is 35.2 Å². The second-order valence-electron chi connectivity index (χ2n) is 11.9. The first kappa shape index (κ1) is 26.8. The minimum absolute atomic E-state index is 0.0450. The molecule has 3 unspecified atom stereocenters. The van der Waals surface area contributed by atoms with E-state index in [1.807, 2.05) is 81.4 Å². The number of carbonyl (C=O) groups excluding carboxylic acids is 3. The second kappa shape index (κ2) is 10.0. The Hall–Kier alpha value is -2.84. The minimum Gasteiger partial charge on any atom is -0.394 e. The van der Waals surface area contributed by atoms with Gasteiger partial charge in [-0.3, -0.25) is 14.4 Å². The largest absolute Gasteiger partial charge is 0.394 e. The summed E-state index contributed by atoms with van der Waals surface area (Å²) in [5, 5.41) is 16.6. The number of para-hydroxylation sites is 1. The van der Waals surface area contributed by atoms with Gasteiger partial charge in [0, 0.05) is 16.5 Å². The Labute approximate surface area is 228 Å². The van der Waals surface area contributed by atoms with Gasteiger partial charge in [-0.05, 0) is 57.2 Å². The molecule has 3 N–H and O–H groups in total. The average molecular weight is 536 g/mol. The maximum absolute atomic E-state index is 14.4. The van der Waals surface area contributed by atoms with Gasteiger partial charge < -0.3 is 20.6 Å². The molecular formula is C30H37N3O4S. The van der Waals surface area contributed by atoms with E-state index in [0.29, 0.717) is 12.1 Å². The monoisotopic (exact) mass is 535 g/mol. The van der Waals surface area contributed by atoms with E-state index >= 15 is 0 Å². The van der Waals surface area contributed by atoms with Crippen LogP contribution >= 0.6 is 11.8 Å². The summed E-state index contributed by atoms with van der Waals surface area (Å²) in [4.78, 5) is 43.7. The van der Waals surface area contributed by atoms with Crippen molar-refractivity contribution < 1.29 is 19.5 Å². The van der Waals surface area contributed by atoms with Crippen molar-refractivity contribution in [3.8, 4) is 0 Å². The highest BCUT2D eigenvalue weighted by Gasteiger charge is 2.76. The van der Waals surface area contributed by atoms with Crippen LogP contribution < -0.4 is 10.6 Å². The molecule has 7 nitrogen and oxygen atoms in total. The lowest BCUT2D eigenvalue weighted by atomic mass is 9.65. The molecule has 3 saturated heterocycles. The van der Waals surface area contributed by atoms with Crippen molar-refractivity contribution in [2.75, 3.05) is 11.9 Å². The highest BCUT2D eigenvalue weighted by atomic mass is 32.2. The van der Waals surface area contributed by atoms with Crippen molar-refractivity contribution in [2.24, 2.45) is 17.8 Å². The zero-order chi connectivity index (χ0) is 27.2. The van der Waals surface area contributed by atoms with Crippen LogP contribution in [0.4, 0.5) is 5.69 Å². The quantitative estimate of drug-likeness (QED) is 0.504. The van der Waals surface area contributed by atoms with Crippen molar-refractivity contribution in [1.29, 1.82) is 0 Å². The number of carbonyl (C=O) groups is 3. The number of fused-ring (bicyclic) bond motifs is 1. The molecule has 5 rings (SSSR count). The van der Waals surface area contributed by atoms with Crippen molar-refractivity contribution in [3.63, 3.8) is 0 Å². The summed E-state index contributed by atoms with van der Waals surface area (Å²) in [5.41, 5.74) is 1.17. The second-order valence-corrected chi connectivity index (χ2v) is 13.5. The van der Waals surface area contributed by atoms with E-state index in [0.717, 1.165) is 12.0 Å². The first-order chi connectivity index (χ1) is 18.1. The zero-order valence-corrected chi connectivity index (χ0v) is 23.2. The number of aliphatic hydroxyl groups excluding tert-OH is 1. The first-order valence-electron chi connectivity index (χ1n) is 13.4. The standard InChI is InChI=1S/C30H37N3O4S/c1-18-15-22-23(26(35)31-20-13-9-6-10-14-20)24-28(37)33(21(17-34)16-19-11-7-5-8-12-19)25(30(18,24)38-22)27(36)32-29(2,3)4/h5-14,18,21-25,34H,15-17H2,1-4H3,(H,31,35)(H,32,36)/t18?,21-,22+,23-,24+,25?,30?/m1/s1. The van der Waals surface area contributed by atoms with Gasteiger partial charge >= 0.3 is 0 Å². The van der Waals surface area contributed by atoms with E-state index in [1.54, 1.807) is 16.7 Å². The van der Waals surface area contributed by atoms with Gasteiger partial charge in [0.1, 0.15) is 6.04 Å². The molecule has 2 aromatic carbocycles. The molecule has 1 spiro atoms. The number of nitrogens with one attached hydrogen (secondary N) is 2. The maximum atomic E-state index is 14.4. The van der Waals surface area contributed by atoms with E-state index in [4.69, 9.17) is 0 Å². The maximum Gasteiger partial charge on any atom is 0.244 e. The predicted molar refractivity (Wildman–Crippen MR) is 149 cm³/mol. The molecule has 0 aliphatic carbocycles. The van der Waals surface area contributed by atoms with E-state index in [1.165, 1.54) is 0 Å². The normalized spacial score (nSPS) is 30.7. The molecule has 0 aromatic heterocycles. The summed E-state index contributed by atoms with van der Waals surface area (Å²) in [6.45, 7) is 7.60. The van der Waals surface area contributed by atoms with Crippen LogP contribution in [0.2, 0.25) is 0 Å². The third-order valence-electron chi connectivity index (χ3n) is 8.19. The number of benzene rings is 2. The fourth-order valence-corrected chi connectivity index (χ4v) is 9.18. The molecule has 2 bridgehead atoms. The highest BCUT2D eigenvalue weighted by molar-refractivity contribution is 8.02. The van der Waals surface area contributed by atoms with Crippen LogP contribution in [0.1, 0.15) is 39.7 Å². The molecule has 3 amide bonds. The van der Waals surface area contributed by atoms with E-state index < -0.39 is 34.2 Å². The lowest BCUT2D eigenvalue weighted by molar-refractivity contribution is -0.142. The van der Waals surface area contributed by atoms with Crippen LogP contribution in [0.15, 0.2) is 60.7 Å². The molecule has 3 fully saturated rings. The molecule has 3 aliphatic heterocycles. The molecule has 0 saturated carbocycles. The van der Waals surface area contributed by atoms with Crippen LogP contribution in [0.5, 0.6) is 0 Å². The molecule has 38 heavy (non-hydrogen) atoms. The SMILES string of the molecule is CC1C[C@@H]2SC13C(C(=O)NC(C)(C)C)N([C@@H](CO)Cc1ccccc1)C(=O)[C@@H]3[C@@H]2C(=O)Nc1ccccc1. The van der Waals surface area contributed by atoms with E-state index in [-0.39, 0.29) is 35.5 Å². The minimum atomic E-state index is -0.778. The fraction of sp³-hybridized carbons (Fsp3) is 0.500. The molecule has 3 heterocycles. The molecule has 7 atom stereocenters. The summed E-state index contributed by atoms with van der Waals surface area (Å²) in [7, 11) is 0. The number of aliphatic hydroxyl groups is 1. The highest BCUT2D eigenvalue weighted by Crippen LogP contribution is 2.68. The predicted octanol–water partition coefficient (Wildman–Crippen LogP) is 3.48. The zero-order valence-electron chi connectivity index (χ0n) is 22.4. The van der Waals surface area contributed by atoms with Gasteiger partial charge in [-0.25, -0.2) is 0 Å². The first-order valence-corrected chi connectivity index (χ1v) is 14.3. The van der Waals surface area contributed by atoms with E-state index in [9.17, 15) is 19.5 Å². The van der Waals surface area contributed by atoms with Crippen LogP contribution in [-0.2, 0) is 20.8 Å². The Morgan fingerprint density at radius 2 is 1.71 bits per heavy atom. The van der Waals surface area contributed by atoms with Gasteiger partial charge in [0.05, 0.1) is 29.2 Å². The number of amides is 3. The summed E-state index contributed by atoms with van der Waals surface area (Å²) >= 11 is 1.64. The Balaban J connectivity index is 1.55. The lowest BCUT2D eigenvalue weighted by Crippen LogP contribution is -2.61. The van der Waals surface area contributed by atoms with Crippen molar-refractivity contribution in [2.45, 2.75) is 68.2 Å². The third kappa shape index (κ3) is 4.51. The number of anilines is 1. The number of likely N-dealkylation sites (tertiary alicyclic amines) is 1. The van der Waals surface area contributed by atoms with Crippen LogP contribution in [0.3, 0.4) is 0 Å². The van der Waals surface area contributed by atoms with Gasteiger partial charge in [0.2, 0.25) is 17.7 Å². The summed E-state index contributed by atoms with van der Waals surface area (Å²) in [5.74, 6) is -1.72. The lowest BCUT2D eigenvalue weighted by Gasteiger charge is -2.41. The molecular weight excluding hydrogens is 498 g/mol. The van der Waals surface area contributed by atoms with Gasteiger partial charge in [-0.15, -0.1) is 11.8 Å². The smallest absolute Gasteiger partial charge is 0.244 e. The van der Waals surface area contributed by atoms with Crippen LogP contribution in [0, 0.1) is 17.8 Å². The number of rotatable bonds is 7. The molecule has 202 valence electrons. The van der Waals surface area contributed by atoms with Crippen molar-refractivity contribution in [3.05, 3.63) is 66.2 Å². The topological polar surface area (TPSA) is 98.7 Å². The Bertz CT molecular complexity index is 1200. The number of nitrogens with zero attached hydrogens (tertiary/aromatic N) is 1. The summed E-state index contributed by atoms with van der Waals surface area (Å²) in [6, 6.07) is 17.6. The molecule has 3 aliphatic rings. The molecule has 2 aromatic rings. The van der Waals surface area contributed by atoms with Crippen molar-refractivity contribution in [1.82, 2.24) is 10.2 Å². The Kier molecular flexibility index (Phi) is 7.07. The Morgan fingerprint density at radius 3 is 2.32 bits per heavy atom. The summed E-state index contributed by atoms with van der Waals surface area (Å²) in [6.07, 6.45) is 1.19. The Morgan fingerprint density at radius 1 is 1.08 bits per heavy atom. The van der Waals surface area contributed by atoms with Gasteiger partial charge in [-0.2, -0.15) is 0 Å². The van der Waals surface area contributed by atoms with Crippen LogP contribution in [-0.4, -0.2) is 62.0 Å². The van der Waals surface area contributed by atoms with E-state index in [2.05, 4.69) is 17.6 Å². The third-order valence-corrected chi connectivity index (χ3v) is 10.3. The van der Waals surface area contributed by atoms with Gasteiger partial charge in [-0.1, -0.05) is 55.5 Å². The molecule has 8 heteroatoms. The van der Waals surface area contributed by atoms with Gasteiger partial charge in [0.15, 0.2) is 0 Å². The number of thioether (sulfide) groups is 1. The van der Waals surface area contributed by atoms with Gasteiger partial charge in [0.25, 0.3) is 0 Å². The molecule has 0 radical (unpaired) electrons. The average Bonchev–Trinajstić information content (AvgIpc) is 3.46. The summed E-state index contributed by atoms with van der Waals surface area (Å²) < 4.78 is -0.736. The fourth-order valence-electron chi connectivity index (χ4n) is 6.77. The number of hydrogen-bond donors (Lipinski definition) is 3.